The fourth-order valence-corrected chi connectivity index (χ4v) is 3.11. The van der Waals surface area contributed by atoms with Crippen LogP contribution in [-0.2, 0) is 0 Å². The van der Waals surface area contributed by atoms with Gasteiger partial charge in [0.15, 0.2) is 10.8 Å². The number of ketones is 1. The van der Waals surface area contributed by atoms with Crippen LogP contribution >= 0.6 is 11.3 Å². The number of hydrogen-bond acceptors (Lipinski definition) is 8. The summed E-state index contributed by atoms with van der Waals surface area (Å²) in [5, 5.41) is 23.8. The summed E-state index contributed by atoms with van der Waals surface area (Å²) in [6.45, 7) is 1.37. The first-order chi connectivity index (χ1) is 13.5. The van der Waals surface area contributed by atoms with E-state index in [-0.39, 0.29) is 27.0 Å². The third kappa shape index (κ3) is 4.01. The van der Waals surface area contributed by atoms with Crippen molar-refractivity contribution in [3.63, 3.8) is 0 Å². The van der Waals surface area contributed by atoms with E-state index in [0.717, 1.165) is 11.3 Å². The van der Waals surface area contributed by atoms with Gasteiger partial charge in [0.2, 0.25) is 4.80 Å². The number of carbonyl (C=O) groups is 1. The van der Waals surface area contributed by atoms with Gasteiger partial charge in [0.25, 0.3) is 5.69 Å². The number of nitro benzene ring substituents is 1. The second-order valence-corrected chi connectivity index (χ2v) is 6.45. The van der Waals surface area contributed by atoms with E-state index in [9.17, 15) is 14.9 Å². The lowest BCUT2D eigenvalue weighted by Crippen LogP contribution is -2.15. The van der Waals surface area contributed by atoms with Crippen LogP contribution in [0, 0.1) is 10.1 Å². The molecule has 0 saturated carbocycles. The van der Waals surface area contributed by atoms with Crippen LogP contribution in [0.2, 0.25) is 0 Å². The average Bonchev–Trinajstić information content (AvgIpc) is 3.12. The molecule has 28 heavy (non-hydrogen) atoms. The SMILES string of the molecule is COc1ccccc1/C=N/N=c1\sc(C(C)=O)nn1-c1ccccc1[N+](=O)[O-]. The van der Waals surface area contributed by atoms with Crippen molar-refractivity contribution in [3.8, 4) is 11.4 Å². The predicted octanol–water partition coefficient (Wildman–Crippen LogP) is 2.99. The van der Waals surface area contributed by atoms with Crippen molar-refractivity contribution in [2.75, 3.05) is 7.11 Å². The molecule has 3 aromatic rings. The van der Waals surface area contributed by atoms with Gasteiger partial charge in [-0.3, -0.25) is 14.9 Å². The first kappa shape index (κ1) is 19.1. The molecular weight excluding hydrogens is 382 g/mol. The molecule has 1 heterocycles. The first-order valence-electron chi connectivity index (χ1n) is 8.06. The number of para-hydroxylation sites is 3. The number of hydrogen-bond donors (Lipinski definition) is 0. The summed E-state index contributed by atoms with van der Waals surface area (Å²) in [4.78, 5) is 22.8. The van der Waals surface area contributed by atoms with Gasteiger partial charge in [0.1, 0.15) is 11.4 Å². The van der Waals surface area contributed by atoms with E-state index in [1.807, 2.05) is 18.2 Å². The van der Waals surface area contributed by atoms with Crippen LogP contribution in [0.5, 0.6) is 5.75 Å². The fourth-order valence-electron chi connectivity index (χ4n) is 2.36. The van der Waals surface area contributed by atoms with Crippen LogP contribution in [-0.4, -0.2) is 33.8 Å². The minimum atomic E-state index is -0.517. The summed E-state index contributed by atoms with van der Waals surface area (Å²) in [5.41, 5.74) is 0.753. The van der Waals surface area contributed by atoms with E-state index < -0.39 is 4.92 Å². The number of nitro groups is 1. The summed E-state index contributed by atoms with van der Waals surface area (Å²) in [7, 11) is 1.55. The molecule has 1 aromatic heterocycles. The maximum Gasteiger partial charge on any atom is 0.294 e. The molecule has 0 aliphatic rings. The van der Waals surface area contributed by atoms with E-state index in [4.69, 9.17) is 4.74 Å². The van der Waals surface area contributed by atoms with Crippen LogP contribution in [0.15, 0.2) is 58.7 Å². The number of methoxy groups -OCH3 is 1. The highest BCUT2D eigenvalue weighted by atomic mass is 32.1. The number of nitrogens with zero attached hydrogens (tertiary/aromatic N) is 5. The zero-order valence-corrected chi connectivity index (χ0v) is 15.8. The molecule has 0 radical (unpaired) electrons. The van der Waals surface area contributed by atoms with Crippen molar-refractivity contribution >= 4 is 29.0 Å². The zero-order chi connectivity index (χ0) is 20.1. The van der Waals surface area contributed by atoms with Crippen molar-refractivity contribution < 1.29 is 14.5 Å². The molecule has 0 fully saturated rings. The highest BCUT2D eigenvalue weighted by molar-refractivity contribution is 7.10. The van der Waals surface area contributed by atoms with E-state index in [2.05, 4.69) is 15.3 Å². The molecule has 3 rings (SSSR count). The minimum absolute atomic E-state index is 0.155. The minimum Gasteiger partial charge on any atom is -0.496 e. The smallest absolute Gasteiger partial charge is 0.294 e. The molecule has 0 N–H and O–H groups in total. The van der Waals surface area contributed by atoms with Crippen LogP contribution < -0.4 is 9.54 Å². The third-order valence-corrected chi connectivity index (χ3v) is 4.65. The lowest BCUT2D eigenvalue weighted by Gasteiger charge is -2.02. The first-order valence-corrected chi connectivity index (χ1v) is 8.88. The molecular formula is C18H15N5O4S. The maximum atomic E-state index is 11.7. The summed E-state index contributed by atoms with van der Waals surface area (Å²) in [5.74, 6) is 0.356. The number of benzene rings is 2. The predicted molar refractivity (Wildman–Crippen MR) is 104 cm³/mol. The van der Waals surface area contributed by atoms with Crippen molar-refractivity contribution in [2.24, 2.45) is 10.2 Å². The Morgan fingerprint density at radius 3 is 2.68 bits per heavy atom. The largest absolute Gasteiger partial charge is 0.496 e. The standard InChI is InChI=1S/C18H15N5O4S/c1-12(24)17-21-22(14-8-4-5-9-15(14)23(25)26)18(28-17)20-19-11-13-7-3-6-10-16(13)27-2/h3-11H,1-2H3/b19-11+,20-18-. The Balaban J connectivity index is 2.11. The lowest BCUT2D eigenvalue weighted by molar-refractivity contribution is -0.384. The maximum absolute atomic E-state index is 11.7. The Labute approximate surface area is 163 Å². The second-order valence-electron chi connectivity index (χ2n) is 5.49. The molecule has 2 aromatic carbocycles. The molecule has 0 unspecified atom stereocenters. The van der Waals surface area contributed by atoms with Gasteiger partial charge in [0.05, 0.1) is 18.2 Å². The number of rotatable bonds is 6. The Morgan fingerprint density at radius 1 is 1.25 bits per heavy atom. The van der Waals surface area contributed by atoms with Crippen molar-refractivity contribution in [3.05, 3.63) is 74.0 Å². The van der Waals surface area contributed by atoms with Gasteiger partial charge >= 0.3 is 0 Å². The molecule has 142 valence electrons. The number of ether oxygens (including phenoxy) is 1. The quantitative estimate of drug-likeness (QED) is 0.275. The molecule has 0 bridgehead atoms. The highest BCUT2D eigenvalue weighted by Gasteiger charge is 2.19. The summed E-state index contributed by atoms with van der Waals surface area (Å²) < 4.78 is 6.50. The highest BCUT2D eigenvalue weighted by Crippen LogP contribution is 2.21. The van der Waals surface area contributed by atoms with E-state index in [1.165, 1.54) is 30.0 Å². The van der Waals surface area contributed by atoms with Crippen molar-refractivity contribution in [1.82, 2.24) is 9.78 Å². The van der Waals surface area contributed by atoms with Crippen LogP contribution in [0.25, 0.3) is 5.69 Å². The lowest BCUT2D eigenvalue weighted by atomic mass is 10.2. The molecule has 9 nitrogen and oxygen atoms in total. The molecule has 0 aliphatic heterocycles. The Hall–Kier alpha value is -3.66. The van der Waals surface area contributed by atoms with Crippen LogP contribution in [0.1, 0.15) is 22.3 Å². The molecule has 10 heteroatoms. The zero-order valence-electron chi connectivity index (χ0n) is 15.0. The van der Waals surface area contributed by atoms with Gasteiger partial charge < -0.3 is 4.74 Å². The third-order valence-electron chi connectivity index (χ3n) is 3.65. The molecule has 0 saturated heterocycles. The topological polar surface area (TPSA) is 112 Å². The molecule has 0 atom stereocenters. The second kappa shape index (κ2) is 8.35. The molecule has 0 amide bonds. The molecule has 0 spiro atoms. The summed E-state index contributed by atoms with van der Waals surface area (Å²) >= 11 is 0.996. The van der Waals surface area contributed by atoms with Gasteiger partial charge in [-0.2, -0.15) is 14.9 Å². The summed E-state index contributed by atoms with van der Waals surface area (Å²) in [6.07, 6.45) is 1.50. The van der Waals surface area contributed by atoms with E-state index >= 15 is 0 Å². The molecule has 0 aliphatic carbocycles. The van der Waals surface area contributed by atoms with Gasteiger partial charge in [-0.05, 0) is 18.2 Å². The fraction of sp³-hybridized carbons (Fsp3) is 0.111. The Kier molecular flexibility index (Phi) is 5.70. The monoisotopic (exact) mass is 397 g/mol. The number of Topliss-reactive ketones (excluding diaryl/α,β-unsaturated/α-hetero) is 1. The van der Waals surface area contributed by atoms with Gasteiger partial charge in [-0.1, -0.05) is 35.6 Å². The van der Waals surface area contributed by atoms with Crippen molar-refractivity contribution in [1.29, 1.82) is 0 Å². The van der Waals surface area contributed by atoms with Crippen LogP contribution in [0.3, 0.4) is 0 Å². The number of carbonyl (C=O) groups excluding carboxylic acids is 1. The van der Waals surface area contributed by atoms with E-state index in [0.29, 0.717) is 11.3 Å². The van der Waals surface area contributed by atoms with Gasteiger partial charge in [-0.15, -0.1) is 5.10 Å². The normalized spacial score (nSPS) is 11.7. The Morgan fingerprint density at radius 2 is 1.96 bits per heavy atom. The average molecular weight is 397 g/mol. The van der Waals surface area contributed by atoms with Gasteiger partial charge in [0, 0.05) is 18.6 Å². The van der Waals surface area contributed by atoms with Crippen LogP contribution in [0.4, 0.5) is 5.69 Å². The van der Waals surface area contributed by atoms with Crippen molar-refractivity contribution in [2.45, 2.75) is 6.92 Å². The Bertz CT molecular complexity index is 1130. The van der Waals surface area contributed by atoms with Gasteiger partial charge in [-0.25, -0.2) is 0 Å². The summed E-state index contributed by atoms with van der Waals surface area (Å²) in [6, 6.07) is 13.3. The van der Waals surface area contributed by atoms with E-state index in [1.54, 1.807) is 25.3 Å². The number of aromatic nitrogens is 2.